The normalized spacial score (nSPS) is 11.1. The molecule has 7 nitrogen and oxygen atoms in total. The van der Waals surface area contributed by atoms with E-state index in [0.29, 0.717) is 22.2 Å². The number of benzene rings is 2. The van der Waals surface area contributed by atoms with E-state index >= 15 is 0 Å². The molecule has 0 spiro atoms. The molecule has 4 rings (SSSR count). The second-order valence-corrected chi connectivity index (χ2v) is 7.61. The first-order valence-electron chi connectivity index (χ1n) is 9.26. The Labute approximate surface area is 178 Å². The number of thioether (sulfide) groups is 1. The van der Waals surface area contributed by atoms with E-state index < -0.39 is 0 Å². The summed E-state index contributed by atoms with van der Waals surface area (Å²) in [4.78, 5) is 12.9. The Kier molecular flexibility index (Phi) is 5.50. The predicted octanol–water partition coefficient (Wildman–Crippen LogP) is 4.19. The van der Waals surface area contributed by atoms with Crippen molar-refractivity contribution in [2.45, 2.75) is 12.1 Å². The number of aromatic nitrogens is 3. The van der Waals surface area contributed by atoms with Gasteiger partial charge in [-0.3, -0.25) is 9.20 Å². The molecule has 2 aromatic carbocycles. The minimum atomic E-state index is -0.0777. The highest BCUT2D eigenvalue weighted by molar-refractivity contribution is 7.99. The second-order valence-electron chi connectivity index (χ2n) is 6.67. The van der Waals surface area contributed by atoms with Gasteiger partial charge in [0.15, 0.2) is 16.6 Å². The zero-order valence-electron chi connectivity index (χ0n) is 17.1. The summed E-state index contributed by atoms with van der Waals surface area (Å²) in [6.07, 6.45) is 0. The molecule has 0 radical (unpaired) electrons. The highest BCUT2D eigenvalue weighted by Crippen LogP contribution is 2.30. The zero-order chi connectivity index (χ0) is 21.3. The molecule has 2 heterocycles. The predicted molar refractivity (Wildman–Crippen MR) is 116 cm³/mol. The number of aryl methyl sites for hydroxylation is 1. The number of Topliss-reactive ketones (excluding diaryl/α,β-unsaturated/α-hetero) is 1. The largest absolute Gasteiger partial charge is 0.497 e. The Morgan fingerprint density at radius 1 is 0.967 bits per heavy atom. The summed E-state index contributed by atoms with van der Waals surface area (Å²) in [7, 11) is 4.75. The van der Waals surface area contributed by atoms with E-state index in [0.717, 1.165) is 27.9 Å². The quantitative estimate of drug-likeness (QED) is 0.326. The molecule has 0 aliphatic carbocycles. The van der Waals surface area contributed by atoms with Crippen LogP contribution in [0.3, 0.4) is 0 Å². The molecule has 0 N–H and O–H groups in total. The highest BCUT2D eigenvalue weighted by atomic mass is 32.2. The Balaban J connectivity index is 1.69. The van der Waals surface area contributed by atoms with Crippen LogP contribution in [0.2, 0.25) is 0 Å². The second kappa shape index (κ2) is 8.23. The molecule has 30 heavy (non-hydrogen) atoms. The zero-order valence-corrected chi connectivity index (χ0v) is 17.9. The summed E-state index contributed by atoms with van der Waals surface area (Å²) in [5.41, 5.74) is 3.19. The Hall–Kier alpha value is -3.26. The lowest BCUT2D eigenvalue weighted by atomic mass is 10.1. The number of fused-ring (bicyclic) bond motifs is 3. The van der Waals surface area contributed by atoms with E-state index in [1.54, 1.807) is 39.5 Å². The van der Waals surface area contributed by atoms with Gasteiger partial charge in [-0.25, -0.2) is 0 Å². The van der Waals surface area contributed by atoms with Gasteiger partial charge in [-0.1, -0.05) is 11.8 Å². The summed E-state index contributed by atoms with van der Waals surface area (Å²) >= 11 is 1.34. The molecule has 0 saturated carbocycles. The summed E-state index contributed by atoms with van der Waals surface area (Å²) in [5.74, 6) is 2.01. The van der Waals surface area contributed by atoms with Gasteiger partial charge in [0.25, 0.3) is 0 Å². The van der Waals surface area contributed by atoms with Crippen molar-refractivity contribution in [2.75, 3.05) is 27.1 Å². The average Bonchev–Trinajstić information content (AvgIpc) is 3.21. The van der Waals surface area contributed by atoms with Gasteiger partial charge < -0.3 is 14.2 Å². The van der Waals surface area contributed by atoms with Crippen LogP contribution in [0.25, 0.3) is 16.6 Å². The molecule has 2 aromatic heterocycles. The van der Waals surface area contributed by atoms with Crippen LogP contribution in [0.4, 0.5) is 0 Å². The van der Waals surface area contributed by atoms with Crippen molar-refractivity contribution >= 4 is 34.1 Å². The molecular weight excluding hydrogens is 402 g/mol. The maximum absolute atomic E-state index is 12.9. The first kappa shape index (κ1) is 20.0. The number of nitrogens with zero attached hydrogens (tertiary/aromatic N) is 3. The van der Waals surface area contributed by atoms with Gasteiger partial charge in [0.05, 0.1) is 38.2 Å². The van der Waals surface area contributed by atoms with Gasteiger partial charge in [0, 0.05) is 5.39 Å². The first-order valence-corrected chi connectivity index (χ1v) is 10.2. The molecule has 0 aliphatic heterocycles. The van der Waals surface area contributed by atoms with Crippen LogP contribution in [0, 0.1) is 6.92 Å². The maximum Gasteiger partial charge on any atom is 0.196 e. The number of rotatable bonds is 7. The standard InChI is InChI=1S/C22H21N3O4S/c1-13-9-14-10-15(27-2)5-7-18(14)25-21(13)23-24-22(25)30-12-19(26)17-11-16(28-3)6-8-20(17)29-4/h5-11H,12H2,1-4H3. The summed E-state index contributed by atoms with van der Waals surface area (Å²) in [6.45, 7) is 1.99. The van der Waals surface area contributed by atoms with E-state index in [1.807, 2.05) is 29.5 Å². The van der Waals surface area contributed by atoms with E-state index in [2.05, 4.69) is 16.3 Å². The third-order valence-corrected chi connectivity index (χ3v) is 5.80. The lowest BCUT2D eigenvalue weighted by Crippen LogP contribution is -2.06. The first-order chi connectivity index (χ1) is 14.5. The van der Waals surface area contributed by atoms with Crippen molar-refractivity contribution in [3.05, 3.63) is 53.6 Å². The number of carbonyl (C=O) groups excluding carboxylic acids is 1. The van der Waals surface area contributed by atoms with Gasteiger partial charge in [0.2, 0.25) is 0 Å². The Morgan fingerprint density at radius 3 is 2.43 bits per heavy atom. The molecule has 0 unspecified atom stereocenters. The molecule has 0 bridgehead atoms. The fourth-order valence-electron chi connectivity index (χ4n) is 3.35. The summed E-state index contributed by atoms with van der Waals surface area (Å²) in [6, 6.07) is 13.1. The lowest BCUT2D eigenvalue weighted by Gasteiger charge is -2.10. The maximum atomic E-state index is 12.9. The number of pyridine rings is 1. The fourth-order valence-corrected chi connectivity index (χ4v) is 4.18. The van der Waals surface area contributed by atoms with E-state index in [-0.39, 0.29) is 11.5 Å². The van der Waals surface area contributed by atoms with Crippen LogP contribution in [-0.4, -0.2) is 47.5 Å². The molecule has 0 fully saturated rings. The highest BCUT2D eigenvalue weighted by Gasteiger charge is 2.18. The number of hydrogen-bond donors (Lipinski definition) is 0. The van der Waals surface area contributed by atoms with Crippen LogP contribution >= 0.6 is 11.8 Å². The summed E-state index contributed by atoms with van der Waals surface area (Å²) in [5, 5.41) is 10.3. The van der Waals surface area contributed by atoms with Gasteiger partial charge in [0.1, 0.15) is 17.2 Å². The number of ether oxygens (including phenoxy) is 3. The lowest BCUT2D eigenvalue weighted by molar-refractivity contribution is 0.101. The third kappa shape index (κ3) is 3.54. The number of methoxy groups -OCH3 is 3. The van der Waals surface area contributed by atoms with Crippen molar-refractivity contribution in [2.24, 2.45) is 0 Å². The van der Waals surface area contributed by atoms with Crippen molar-refractivity contribution in [1.82, 2.24) is 14.6 Å². The van der Waals surface area contributed by atoms with Crippen molar-refractivity contribution < 1.29 is 19.0 Å². The third-order valence-electron chi connectivity index (χ3n) is 4.87. The van der Waals surface area contributed by atoms with E-state index in [9.17, 15) is 4.79 Å². The van der Waals surface area contributed by atoms with Gasteiger partial charge >= 0.3 is 0 Å². The molecule has 4 aromatic rings. The van der Waals surface area contributed by atoms with Gasteiger partial charge in [-0.15, -0.1) is 10.2 Å². The summed E-state index contributed by atoms with van der Waals surface area (Å²) < 4.78 is 17.9. The molecule has 154 valence electrons. The molecular formula is C22H21N3O4S. The van der Waals surface area contributed by atoms with Crippen LogP contribution in [-0.2, 0) is 0 Å². The SMILES string of the molecule is COc1ccc(OC)c(C(=O)CSc2nnc3c(C)cc4cc(OC)ccc4n23)c1. The minimum absolute atomic E-state index is 0.0777. The Morgan fingerprint density at radius 2 is 1.70 bits per heavy atom. The molecule has 0 atom stereocenters. The molecule has 0 amide bonds. The fraction of sp³-hybridized carbons (Fsp3) is 0.227. The molecule has 0 aliphatic rings. The minimum Gasteiger partial charge on any atom is -0.497 e. The van der Waals surface area contributed by atoms with Crippen molar-refractivity contribution in [1.29, 1.82) is 0 Å². The molecule has 0 saturated heterocycles. The van der Waals surface area contributed by atoms with Crippen LogP contribution in [0.5, 0.6) is 17.2 Å². The smallest absolute Gasteiger partial charge is 0.196 e. The topological polar surface area (TPSA) is 75.0 Å². The number of hydrogen-bond acceptors (Lipinski definition) is 7. The average molecular weight is 423 g/mol. The molecule has 8 heteroatoms. The van der Waals surface area contributed by atoms with Gasteiger partial charge in [-0.2, -0.15) is 0 Å². The van der Waals surface area contributed by atoms with Crippen molar-refractivity contribution in [3.63, 3.8) is 0 Å². The van der Waals surface area contributed by atoms with Gasteiger partial charge in [-0.05, 0) is 55.0 Å². The van der Waals surface area contributed by atoms with Crippen molar-refractivity contribution in [3.8, 4) is 17.2 Å². The number of carbonyl (C=O) groups is 1. The monoisotopic (exact) mass is 423 g/mol. The van der Waals surface area contributed by atoms with E-state index in [4.69, 9.17) is 14.2 Å². The van der Waals surface area contributed by atoms with Crippen LogP contribution < -0.4 is 14.2 Å². The van der Waals surface area contributed by atoms with Crippen LogP contribution in [0.1, 0.15) is 15.9 Å². The van der Waals surface area contributed by atoms with E-state index in [1.165, 1.54) is 11.8 Å². The Bertz CT molecular complexity index is 1250. The number of ketones is 1. The van der Waals surface area contributed by atoms with Crippen LogP contribution in [0.15, 0.2) is 47.6 Å².